The Morgan fingerprint density at radius 2 is 1.92 bits per heavy atom. The number of alkyl halides is 3. The molecular formula is C16H11ClF3N3O2. The number of halogens is 4. The quantitative estimate of drug-likeness (QED) is 0.696. The second-order valence-corrected chi connectivity index (χ2v) is 5.49. The van der Waals surface area contributed by atoms with Crippen LogP contribution in [-0.4, -0.2) is 22.2 Å². The van der Waals surface area contributed by atoms with Gasteiger partial charge in [-0.05, 0) is 24.3 Å². The van der Waals surface area contributed by atoms with Crippen LogP contribution in [0.2, 0.25) is 5.02 Å². The standard InChI is InChI=1S/C16H11ClF3N3O2/c1-25-14-5-9-11(6-13(14)24)21-7-22-15(9)23-12-4-8(16(18,19)20)2-3-10(12)17/h2-7,24H,1H3,(H,21,22,23). The van der Waals surface area contributed by atoms with Gasteiger partial charge in [0.2, 0.25) is 0 Å². The van der Waals surface area contributed by atoms with Crippen LogP contribution in [0.25, 0.3) is 10.9 Å². The second kappa shape index (κ2) is 6.29. The van der Waals surface area contributed by atoms with Gasteiger partial charge < -0.3 is 15.2 Å². The molecule has 0 saturated heterocycles. The number of phenolic OH excluding ortho intramolecular Hbond substituents is 1. The van der Waals surface area contributed by atoms with Crippen molar-refractivity contribution in [3.05, 3.63) is 47.2 Å². The van der Waals surface area contributed by atoms with Crippen LogP contribution in [0.1, 0.15) is 5.56 Å². The van der Waals surface area contributed by atoms with Crippen molar-refractivity contribution < 1.29 is 23.0 Å². The van der Waals surface area contributed by atoms with E-state index in [2.05, 4.69) is 15.3 Å². The minimum Gasteiger partial charge on any atom is -0.504 e. The van der Waals surface area contributed by atoms with E-state index in [0.29, 0.717) is 10.9 Å². The fraction of sp³-hybridized carbons (Fsp3) is 0.125. The van der Waals surface area contributed by atoms with E-state index in [1.54, 1.807) is 0 Å². The third-order valence-corrected chi connectivity index (χ3v) is 3.81. The van der Waals surface area contributed by atoms with E-state index >= 15 is 0 Å². The molecule has 3 rings (SSSR count). The Balaban J connectivity index is 2.09. The first-order valence-corrected chi connectivity index (χ1v) is 7.33. The molecule has 0 radical (unpaired) electrons. The number of benzene rings is 2. The van der Waals surface area contributed by atoms with Crippen molar-refractivity contribution in [2.75, 3.05) is 12.4 Å². The lowest BCUT2D eigenvalue weighted by Gasteiger charge is -2.13. The molecule has 25 heavy (non-hydrogen) atoms. The summed E-state index contributed by atoms with van der Waals surface area (Å²) < 4.78 is 43.7. The Kier molecular flexibility index (Phi) is 4.30. The molecule has 0 aliphatic heterocycles. The zero-order valence-corrected chi connectivity index (χ0v) is 13.5. The maximum atomic E-state index is 12.9. The van der Waals surface area contributed by atoms with Gasteiger partial charge in [-0.3, -0.25) is 0 Å². The highest BCUT2D eigenvalue weighted by Gasteiger charge is 2.31. The molecular weight excluding hydrogens is 359 g/mol. The molecule has 0 spiro atoms. The average molecular weight is 370 g/mol. The Labute approximate surface area is 145 Å². The molecule has 0 atom stereocenters. The van der Waals surface area contributed by atoms with Gasteiger partial charge in [0.15, 0.2) is 11.5 Å². The number of anilines is 2. The first-order valence-electron chi connectivity index (χ1n) is 6.95. The average Bonchev–Trinajstić information content (AvgIpc) is 2.55. The molecule has 0 fully saturated rings. The number of hydrogen-bond donors (Lipinski definition) is 2. The minimum absolute atomic E-state index is 0.0449. The van der Waals surface area contributed by atoms with Crippen molar-refractivity contribution >= 4 is 34.0 Å². The van der Waals surface area contributed by atoms with Gasteiger partial charge in [0.1, 0.15) is 12.1 Å². The maximum Gasteiger partial charge on any atom is 0.416 e. The molecule has 5 nitrogen and oxygen atoms in total. The lowest BCUT2D eigenvalue weighted by Crippen LogP contribution is -2.06. The molecule has 9 heteroatoms. The molecule has 0 bridgehead atoms. The zero-order valence-electron chi connectivity index (χ0n) is 12.7. The highest BCUT2D eigenvalue weighted by Crippen LogP contribution is 2.37. The number of methoxy groups -OCH3 is 1. The second-order valence-electron chi connectivity index (χ2n) is 5.08. The molecule has 0 aliphatic carbocycles. The molecule has 0 unspecified atom stereocenters. The summed E-state index contributed by atoms with van der Waals surface area (Å²) in [5.74, 6) is 0.293. The summed E-state index contributed by atoms with van der Waals surface area (Å²) in [6.45, 7) is 0. The van der Waals surface area contributed by atoms with Gasteiger partial charge in [0.25, 0.3) is 0 Å². The van der Waals surface area contributed by atoms with E-state index in [0.717, 1.165) is 18.2 Å². The Morgan fingerprint density at radius 3 is 2.60 bits per heavy atom. The van der Waals surface area contributed by atoms with Crippen molar-refractivity contribution in [3.63, 3.8) is 0 Å². The van der Waals surface area contributed by atoms with Gasteiger partial charge in [-0.15, -0.1) is 0 Å². The number of hydrogen-bond acceptors (Lipinski definition) is 5. The van der Waals surface area contributed by atoms with Crippen molar-refractivity contribution in [1.29, 1.82) is 0 Å². The van der Waals surface area contributed by atoms with Crippen molar-refractivity contribution in [1.82, 2.24) is 9.97 Å². The molecule has 0 aliphatic rings. The summed E-state index contributed by atoms with van der Waals surface area (Å²) in [6.07, 6.45) is -3.28. The first kappa shape index (κ1) is 17.1. The van der Waals surface area contributed by atoms with Crippen molar-refractivity contribution in [2.24, 2.45) is 0 Å². The van der Waals surface area contributed by atoms with Crippen LogP contribution in [0.15, 0.2) is 36.7 Å². The van der Waals surface area contributed by atoms with Crippen molar-refractivity contribution in [2.45, 2.75) is 6.18 Å². The van der Waals surface area contributed by atoms with Crippen LogP contribution in [-0.2, 0) is 6.18 Å². The highest BCUT2D eigenvalue weighted by atomic mass is 35.5. The van der Waals surface area contributed by atoms with E-state index < -0.39 is 11.7 Å². The summed E-state index contributed by atoms with van der Waals surface area (Å²) >= 11 is 5.99. The summed E-state index contributed by atoms with van der Waals surface area (Å²) in [7, 11) is 1.38. The molecule has 0 saturated carbocycles. The molecule has 1 heterocycles. The van der Waals surface area contributed by atoms with E-state index in [1.165, 1.54) is 25.6 Å². The zero-order chi connectivity index (χ0) is 18.2. The Hall–Kier alpha value is -2.74. The van der Waals surface area contributed by atoms with Crippen LogP contribution in [0.3, 0.4) is 0 Å². The van der Waals surface area contributed by atoms with E-state index in [9.17, 15) is 18.3 Å². The largest absolute Gasteiger partial charge is 0.504 e. The van der Waals surface area contributed by atoms with Crippen LogP contribution in [0.5, 0.6) is 11.5 Å². The van der Waals surface area contributed by atoms with Gasteiger partial charge in [-0.25, -0.2) is 9.97 Å². The summed E-state index contributed by atoms with van der Waals surface area (Å²) in [4.78, 5) is 8.06. The van der Waals surface area contributed by atoms with Crippen LogP contribution in [0, 0.1) is 0 Å². The Bertz CT molecular complexity index is 948. The molecule has 1 aromatic heterocycles. The van der Waals surface area contributed by atoms with Crippen LogP contribution >= 0.6 is 11.6 Å². The van der Waals surface area contributed by atoms with Gasteiger partial charge in [-0.2, -0.15) is 13.2 Å². The first-order chi connectivity index (χ1) is 11.8. The molecule has 2 N–H and O–H groups in total. The summed E-state index contributed by atoms with van der Waals surface area (Å²) in [5, 5.41) is 13.1. The summed E-state index contributed by atoms with van der Waals surface area (Å²) in [6, 6.07) is 5.80. The monoisotopic (exact) mass is 369 g/mol. The topological polar surface area (TPSA) is 67.3 Å². The number of nitrogens with zero attached hydrogens (tertiary/aromatic N) is 2. The fourth-order valence-corrected chi connectivity index (χ4v) is 2.43. The number of phenols is 1. The Morgan fingerprint density at radius 1 is 1.16 bits per heavy atom. The number of aromatic nitrogens is 2. The normalized spacial score (nSPS) is 11.6. The van der Waals surface area contributed by atoms with Crippen molar-refractivity contribution in [3.8, 4) is 11.5 Å². The number of fused-ring (bicyclic) bond motifs is 1. The predicted octanol–water partition coefficient (Wildman–Crippen LogP) is 4.76. The third kappa shape index (κ3) is 3.39. The molecule has 2 aromatic carbocycles. The fourth-order valence-electron chi connectivity index (χ4n) is 2.26. The lowest BCUT2D eigenvalue weighted by molar-refractivity contribution is -0.137. The molecule has 3 aromatic rings. The van der Waals surface area contributed by atoms with Gasteiger partial charge in [-0.1, -0.05) is 11.6 Å². The molecule has 130 valence electrons. The third-order valence-electron chi connectivity index (χ3n) is 3.48. The maximum absolute atomic E-state index is 12.9. The van der Waals surface area contributed by atoms with Gasteiger partial charge >= 0.3 is 6.18 Å². The molecule has 0 amide bonds. The number of rotatable bonds is 3. The van der Waals surface area contributed by atoms with E-state index in [1.807, 2.05) is 0 Å². The van der Waals surface area contributed by atoms with E-state index in [-0.39, 0.29) is 28.0 Å². The smallest absolute Gasteiger partial charge is 0.416 e. The van der Waals surface area contributed by atoms with E-state index in [4.69, 9.17) is 16.3 Å². The summed E-state index contributed by atoms with van der Waals surface area (Å²) in [5.41, 5.74) is -0.407. The van der Waals surface area contributed by atoms with Gasteiger partial charge in [0, 0.05) is 11.5 Å². The number of aromatic hydroxyl groups is 1. The lowest BCUT2D eigenvalue weighted by atomic mass is 10.1. The van der Waals surface area contributed by atoms with Crippen LogP contribution in [0.4, 0.5) is 24.7 Å². The SMILES string of the molecule is COc1cc2c(Nc3cc(C(F)(F)F)ccc3Cl)ncnc2cc1O. The number of nitrogens with one attached hydrogen (secondary N) is 1. The predicted molar refractivity (Wildman–Crippen MR) is 87.5 cm³/mol. The minimum atomic E-state index is -4.50. The number of ether oxygens (including phenoxy) is 1. The highest BCUT2D eigenvalue weighted by molar-refractivity contribution is 6.33. The van der Waals surface area contributed by atoms with Crippen LogP contribution < -0.4 is 10.1 Å². The van der Waals surface area contributed by atoms with Gasteiger partial charge in [0.05, 0.1) is 28.9 Å².